The fraction of sp³-hybridized carbons (Fsp3) is 0.423. The first-order chi connectivity index (χ1) is 15.8. The second-order valence-electron chi connectivity index (χ2n) is 9.64. The van der Waals surface area contributed by atoms with Gasteiger partial charge in [-0.05, 0) is 48.2 Å². The van der Waals surface area contributed by atoms with Crippen LogP contribution in [0.25, 0.3) is 0 Å². The van der Waals surface area contributed by atoms with Crippen LogP contribution < -0.4 is 0 Å². The van der Waals surface area contributed by atoms with Gasteiger partial charge in [0.2, 0.25) is 0 Å². The van der Waals surface area contributed by atoms with Crippen molar-refractivity contribution in [3.8, 4) is 0 Å². The minimum atomic E-state index is -0.387. The third-order valence-electron chi connectivity index (χ3n) is 6.97. The largest absolute Gasteiger partial charge is 0.462 e. The molecular weight excluding hydrogens is 420 g/mol. The minimum Gasteiger partial charge on any atom is -0.462 e. The summed E-state index contributed by atoms with van der Waals surface area (Å²) < 4.78 is 10.9. The van der Waals surface area contributed by atoms with Crippen molar-refractivity contribution in [2.45, 2.75) is 51.3 Å². The van der Waals surface area contributed by atoms with E-state index in [0.29, 0.717) is 37.4 Å². The molecule has 3 aliphatic heterocycles. The summed E-state index contributed by atoms with van der Waals surface area (Å²) >= 11 is 0. The Kier molecular flexibility index (Phi) is 5.15. The third kappa shape index (κ3) is 3.65. The molecule has 2 amide bonds. The molecule has 7 heteroatoms. The zero-order valence-corrected chi connectivity index (χ0v) is 19.2. The maximum atomic E-state index is 13.4. The molecule has 7 nitrogen and oxygen atoms in total. The molecule has 0 aliphatic carbocycles. The lowest BCUT2D eigenvalue weighted by Gasteiger charge is -2.41. The van der Waals surface area contributed by atoms with Crippen LogP contribution in [0, 0.1) is 0 Å². The molecule has 1 fully saturated rings. The average molecular weight is 449 g/mol. The van der Waals surface area contributed by atoms with E-state index in [9.17, 15) is 14.4 Å². The first kappa shape index (κ1) is 21.5. The van der Waals surface area contributed by atoms with Crippen molar-refractivity contribution in [3.05, 3.63) is 70.3 Å². The van der Waals surface area contributed by atoms with Crippen LogP contribution >= 0.6 is 0 Å². The predicted molar refractivity (Wildman–Crippen MR) is 121 cm³/mol. The Labute approximate surface area is 193 Å². The summed E-state index contributed by atoms with van der Waals surface area (Å²) in [5.41, 5.74) is 3.87. The van der Waals surface area contributed by atoms with Crippen molar-refractivity contribution in [3.63, 3.8) is 0 Å². The Bertz CT molecular complexity index is 1140. The Morgan fingerprint density at radius 1 is 1.15 bits per heavy atom. The van der Waals surface area contributed by atoms with Gasteiger partial charge in [0, 0.05) is 24.1 Å². The quantitative estimate of drug-likeness (QED) is 0.669. The van der Waals surface area contributed by atoms with E-state index in [0.717, 1.165) is 17.5 Å². The molecule has 33 heavy (non-hydrogen) atoms. The summed E-state index contributed by atoms with van der Waals surface area (Å²) in [4.78, 5) is 41.8. The van der Waals surface area contributed by atoms with Gasteiger partial charge in [-0.1, -0.05) is 38.1 Å². The van der Waals surface area contributed by atoms with E-state index in [-0.39, 0.29) is 35.5 Å². The van der Waals surface area contributed by atoms with Crippen LogP contribution in [0.4, 0.5) is 4.79 Å². The molecule has 2 atom stereocenters. The van der Waals surface area contributed by atoms with Gasteiger partial charge in [0.05, 0.1) is 24.8 Å². The molecule has 0 unspecified atom stereocenters. The molecule has 0 spiro atoms. The van der Waals surface area contributed by atoms with Gasteiger partial charge >= 0.3 is 12.1 Å². The van der Waals surface area contributed by atoms with Gasteiger partial charge in [0.15, 0.2) is 0 Å². The second kappa shape index (κ2) is 7.90. The van der Waals surface area contributed by atoms with Crippen LogP contribution in [0.2, 0.25) is 0 Å². The lowest BCUT2D eigenvalue weighted by atomic mass is 9.77. The predicted octanol–water partition coefficient (Wildman–Crippen LogP) is 3.54. The van der Waals surface area contributed by atoms with Crippen LogP contribution in [-0.4, -0.2) is 59.6 Å². The Morgan fingerprint density at radius 3 is 2.67 bits per heavy atom. The van der Waals surface area contributed by atoms with E-state index in [4.69, 9.17) is 9.47 Å². The highest BCUT2D eigenvalue weighted by molar-refractivity contribution is 5.99. The Balaban J connectivity index is 1.39. The van der Waals surface area contributed by atoms with E-state index in [2.05, 4.69) is 19.9 Å². The smallest absolute Gasteiger partial charge is 0.410 e. The van der Waals surface area contributed by atoms with Crippen LogP contribution in [0.15, 0.2) is 42.5 Å². The maximum Gasteiger partial charge on any atom is 0.410 e. The van der Waals surface area contributed by atoms with E-state index >= 15 is 0 Å². The third-order valence-corrected chi connectivity index (χ3v) is 6.97. The number of hydrogen-bond acceptors (Lipinski definition) is 5. The summed E-state index contributed by atoms with van der Waals surface area (Å²) in [6.45, 7) is 7.54. The molecule has 2 aromatic rings. The normalized spacial score (nSPS) is 22.9. The van der Waals surface area contributed by atoms with E-state index in [1.54, 1.807) is 34.9 Å². The first-order valence-electron chi connectivity index (χ1n) is 11.4. The molecule has 0 bridgehead atoms. The number of nitrogens with zero attached hydrogens (tertiary/aromatic N) is 2. The standard InChI is InChI=1S/C26H28N2O5/c1-4-32-24(30)17-9-10-19-20(11-17)26(2,3)15-27(23(19)29)14-22-21-12-16-7-5-6-8-18(16)13-28(21)25(31)33-22/h5-11,21-22H,4,12-15H2,1-3H3/t21-,22+/m0/s1. The van der Waals surface area contributed by atoms with Gasteiger partial charge in [0.1, 0.15) is 6.10 Å². The molecule has 1 saturated heterocycles. The van der Waals surface area contributed by atoms with E-state index < -0.39 is 0 Å². The summed E-state index contributed by atoms with van der Waals surface area (Å²) in [5.74, 6) is -0.494. The Hall–Kier alpha value is -3.35. The summed E-state index contributed by atoms with van der Waals surface area (Å²) in [5, 5.41) is 0. The highest BCUT2D eigenvalue weighted by Crippen LogP contribution is 2.36. The summed E-state index contributed by atoms with van der Waals surface area (Å²) in [6.07, 6.45) is 0.0194. The fourth-order valence-electron chi connectivity index (χ4n) is 5.32. The van der Waals surface area contributed by atoms with Crippen molar-refractivity contribution in [1.82, 2.24) is 9.80 Å². The SMILES string of the molecule is CCOC(=O)c1ccc2c(c1)C(C)(C)CN(C[C@H]1OC(=O)N3Cc4ccccc4C[C@@H]13)C2=O. The Morgan fingerprint density at radius 2 is 1.91 bits per heavy atom. The number of fused-ring (bicyclic) bond motifs is 3. The minimum absolute atomic E-state index is 0.0871. The number of cyclic esters (lactones) is 1. The van der Waals surface area contributed by atoms with Crippen molar-refractivity contribution in [2.24, 2.45) is 0 Å². The number of esters is 1. The lowest BCUT2D eigenvalue weighted by molar-refractivity contribution is 0.0509. The van der Waals surface area contributed by atoms with E-state index in [1.165, 1.54) is 5.56 Å². The number of carbonyl (C=O) groups excluding carboxylic acids is 3. The van der Waals surface area contributed by atoms with Gasteiger partial charge in [-0.2, -0.15) is 0 Å². The highest BCUT2D eigenvalue weighted by Gasteiger charge is 2.47. The molecule has 3 heterocycles. The highest BCUT2D eigenvalue weighted by atomic mass is 16.6. The van der Waals surface area contributed by atoms with Crippen molar-refractivity contribution < 1.29 is 23.9 Å². The topological polar surface area (TPSA) is 76.2 Å². The van der Waals surface area contributed by atoms with Crippen LogP contribution in [0.1, 0.15) is 58.2 Å². The van der Waals surface area contributed by atoms with Gasteiger partial charge in [0.25, 0.3) is 5.91 Å². The monoisotopic (exact) mass is 448 g/mol. The summed E-state index contributed by atoms with van der Waals surface area (Å²) in [6, 6.07) is 13.2. The maximum absolute atomic E-state index is 13.4. The molecule has 0 saturated carbocycles. The van der Waals surface area contributed by atoms with Gasteiger partial charge < -0.3 is 14.4 Å². The number of ether oxygens (including phenoxy) is 2. The van der Waals surface area contributed by atoms with Crippen molar-refractivity contribution in [1.29, 1.82) is 0 Å². The average Bonchev–Trinajstić information content (AvgIpc) is 3.09. The molecule has 0 N–H and O–H groups in total. The molecule has 172 valence electrons. The lowest BCUT2D eigenvalue weighted by Crippen LogP contribution is -2.52. The van der Waals surface area contributed by atoms with Crippen LogP contribution in [0.5, 0.6) is 0 Å². The number of hydrogen-bond donors (Lipinski definition) is 0. The van der Waals surface area contributed by atoms with Gasteiger partial charge in [-0.15, -0.1) is 0 Å². The molecule has 5 rings (SSSR count). The number of rotatable bonds is 4. The van der Waals surface area contributed by atoms with Crippen LogP contribution in [0.3, 0.4) is 0 Å². The van der Waals surface area contributed by atoms with Gasteiger partial charge in [-0.3, -0.25) is 9.69 Å². The fourth-order valence-corrected chi connectivity index (χ4v) is 5.32. The number of benzene rings is 2. The first-order valence-corrected chi connectivity index (χ1v) is 11.4. The number of carbonyl (C=O) groups is 3. The zero-order valence-electron chi connectivity index (χ0n) is 19.2. The molecule has 0 aromatic heterocycles. The van der Waals surface area contributed by atoms with Gasteiger partial charge in [-0.25, -0.2) is 9.59 Å². The molecule has 0 radical (unpaired) electrons. The van der Waals surface area contributed by atoms with Crippen molar-refractivity contribution >= 4 is 18.0 Å². The van der Waals surface area contributed by atoms with Crippen molar-refractivity contribution in [2.75, 3.05) is 19.7 Å². The zero-order chi connectivity index (χ0) is 23.3. The molecule has 3 aliphatic rings. The molecular formula is C26H28N2O5. The second-order valence-corrected chi connectivity index (χ2v) is 9.64. The molecule has 2 aromatic carbocycles. The summed E-state index contributed by atoms with van der Waals surface area (Å²) in [7, 11) is 0. The van der Waals surface area contributed by atoms with E-state index in [1.807, 2.05) is 18.2 Å². The number of amides is 2. The van der Waals surface area contributed by atoms with Crippen LogP contribution in [-0.2, 0) is 27.9 Å².